The molecule has 8 heteroatoms. The van der Waals surface area contributed by atoms with E-state index >= 15 is 0 Å². The third-order valence-electron chi connectivity index (χ3n) is 5.12. The number of hydrogen-bond donors (Lipinski definition) is 1. The molecule has 0 fully saturated rings. The summed E-state index contributed by atoms with van der Waals surface area (Å²) in [5.41, 5.74) is 4.04. The fraction of sp³-hybridized carbons (Fsp3) is 0.208. The first-order valence-electron chi connectivity index (χ1n) is 9.81. The molecule has 0 atom stereocenters. The van der Waals surface area contributed by atoms with Crippen LogP contribution >= 0.6 is 11.8 Å². The summed E-state index contributed by atoms with van der Waals surface area (Å²) in [7, 11) is 0. The van der Waals surface area contributed by atoms with Gasteiger partial charge in [-0.25, -0.2) is 4.98 Å². The molecule has 32 heavy (non-hydrogen) atoms. The lowest BCUT2D eigenvalue weighted by Crippen LogP contribution is -2.18. The maximum atomic E-state index is 12.8. The van der Waals surface area contributed by atoms with Crippen molar-refractivity contribution in [3.05, 3.63) is 70.0 Å². The van der Waals surface area contributed by atoms with Crippen molar-refractivity contribution in [3.63, 3.8) is 0 Å². The number of anilines is 1. The molecule has 3 rings (SSSR count). The van der Waals surface area contributed by atoms with Crippen molar-refractivity contribution in [1.82, 2.24) is 9.55 Å². The minimum absolute atomic E-state index is 0.0104. The number of pyridine rings is 1. The SMILES string of the molecule is CC(=O)c1cc(C#N)c(SCC(=O)Nc2c(C#N)c(C)c(C)n2-c2ccccc2)nc1C. The lowest BCUT2D eigenvalue weighted by atomic mass is 10.1. The molecule has 0 bridgehead atoms. The highest BCUT2D eigenvalue weighted by Crippen LogP contribution is 2.30. The second-order valence-electron chi connectivity index (χ2n) is 7.20. The summed E-state index contributed by atoms with van der Waals surface area (Å²) in [5.74, 6) is -0.1000. The van der Waals surface area contributed by atoms with Gasteiger partial charge in [0.2, 0.25) is 5.91 Å². The van der Waals surface area contributed by atoms with Gasteiger partial charge in [-0.2, -0.15) is 10.5 Å². The van der Waals surface area contributed by atoms with Crippen molar-refractivity contribution >= 4 is 29.3 Å². The van der Waals surface area contributed by atoms with Crippen molar-refractivity contribution in [2.45, 2.75) is 32.7 Å². The van der Waals surface area contributed by atoms with Crippen LogP contribution in [0.3, 0.4) is 0 Å². The number of nitrogens with zero attached hydrogens (tertiary/aromatic N) is 4. The Morgan fingerprint density at radius 2 is 1.81 bits per heavy atom. The molecule has 2 heterocycles. The summed E-state index contributed by atoms with van der Waals surface area (Å²) in [6, 6.07) is 15.2. The zero-order valence-electron chi connectivity index (χ0n) is 18.2. The summed E-state index contributed by atoms with van der Waals surface area (Å²) >= 11 is 1.11. The van der Waals surface area contributed by atoms with Crippen LogP contribution in [0.15, 0.2) is 41.4 Å². The average Bonchev–Trinajstić information content (AvgIpc) is 3.01. The third kappa shape index (κ3) is 4.41. The van der Waals surface area contributed by atoms with Crippen LogP contribution in [-0.2, 0) is 4.79 Å². The summed E-state index contributed by atoms with van der Waals surface area (Å²) in [6.07, 6.45) is 0. The van der Waals surface area contributed by atoms with Crippen LogP contribution in [0.2, 0.25) is 0 Å². The average molecular weight is 444 g/mol. The molecule has 0 aliphatic rings. The largest absolute Gasteiger partial charge is 0.310 e. The molecule has 0 radical (unpaired) electrons. The van der Waals surface area contributed by atoms with Gasteiger partial charge in [0.1, 0.15) is 23.0 Å². The summed E-state index contributed by atoms with van der Waals surface area (Å²) in [5, 5.41) is 22.4. The van der Waals surface area contributed by atoms with Gasteiger partial charge in [0.15, 0.2) is 5.78 Å². The number of para-hydroxylation sites is 1. The Balaban J connectivity index is 1.88. The van der Waals surface area contributed by atoms with Gasteiger partial charge in [-0.3, -0.25) is 14.2 Å². The van der Waals surface area contributed by atoms with Crippen molar-refractivity contribution in [1.29, 1.82) is 10.5 Å². The van der Waals surface area contributed by atoms with E-state index in [1.807, 2.05) is 54.8 Å². The number of thioether (sulfide) groups is 1. The molecule has 0 aliphatic heterocycles. The number of nitrogens with one attached hydrogen (secondary N) is 1. The quantitative estimate of drug-likeness (QED) is 0.444. The molecular formula is C24H21N5O2S. The monoisotopic (exact) mass is 443 g/mol. The Hall–Kier alpha value is -3.88. The van der Waals surface area contributed by atoms with Gasteiger partial charge in [-0.1, -0.05) is 30.0 Å². The van der Waals surface area contributed by atoms with E-state index in [1.165, 1.54) is 13.0 Å². The molecule has 160 valence electrons. The van der Waals surface area contributed by atoms with E-state index in [2.05, 4.69) is 16.4 Å². The Labute approximate surface area is 190 Å². The molecule has 0 saturated heterocycles. The molecule has 1 aromatic carbocycles. The molecular weight excluding hydrogens is 422 g/mol. The Morgan fingerprint density at radius 1 is 1.12 bits per heavy atom. The first-order valence-corrected chi connectivity index (χ1v) is 10.8. The standard InChI is InChI=1S/C24H21N5O2S/c1-14-16(3)29(19-8-6-5-7-9-19)23(21(14)12-26)28-22(31)13-32-24-18(11-25)10-20(17(4)30)15(2)27-24/h5-10H,13H2,1-4H3,(H,28,31). The van der Waals surface area contributed by atoms with Gasteiger partial charge in [0.05, 0.1) is 16.9 Å². The summed E-state index contributed by atoms with van der Waals surface area (Å²) in [6.45, 7) is 6.86. The number of aromatic nitrogens is 2. The van der Waals surface area contributed by atoms with E-state index in [-0.39, 0.29) is 23.0 Å². The Bertz CT molecular complexity index is 1300. The van der Waals surface area contributed by atoms with Gasteiger partial charge < -0.3 is 5.32 Å². The zero-order valence-corrected chi connectivity index (χ0v) is 19.0. The minimum atomic E-state index is -0.333. The first-order chi connectivity index (χ1) is 15.3. The molecule has 0 unspecified atom stereocenters. The van der Waals surface area contributed by atoms with Crippen LogP contribution in [0.25, 0.3) is 5.69 Å². The first kappa shape index (κ1) is 22.8. The lowest BCUT2D eigenvalue weighted by Gasteiger charge is -2.13. The van der Waals surface area contributed by atoms with Crippen molar-refractivity contribution in [2.75, 3.05) is 11.1 Å². The van der Waals surface area contributed by atoms with E-state index in [0.29, 0.717) is 27.7 Å². The number of amides is 1. The summed E-state index contributed by atoms with van der Waals surface area (Å²) < 4.78 is 1.85. The third-order valence-corrected chi connectivity index (χ3v) is 6.11. The highest BCUT2D eigenvalue weighted by molar-refractivity contribution is 8.00. The van der Waals surface area contributed by atoms with Crippen molar-refractivity contribution in [2.24, 2.45) is 0 Å². The molecule has 2 aromatic heterocycles. The number of hydrogen-bond acceptors (Lipinski definition) is 6. The smallest absolute Gasteiger partial charge is 0.235 e. The molecule has 7 nitrogen and oxygen atoms in total. The van der Waals surface area contributed by atoms with Crippen LogP contribution in [0.1, 0.15) is 45.4 Å². The summed E-state index contributed by atoms with van der Waals surface area (Å²) in [4.78, 5) is 28.8. The second-order valence-corrected chi connectivity index (χ2v) is 8.16. The number of Topliss-reactive ketones (excluding diaryl/α,β-unsaturated/α-hetero) is 1. The molecule has 0 spiro atoms. The van der Waals surface area contributed by atoms with Crippen molar-refractivity contribution < 1.29 is 9.59 Å². The number of benzene rings is 1. The number of nitriles is 2. The van der Waals surface area contributed by atoms with E-state index in [4.69, 9.17) is 0 Å². The number of ketones is 1. The Morgan fingerprint density at radius 3 is 2.41 bits per heavy atom. The van der Waals surface area contributed by atoms with Gasteiger partial charge in [0.25, 0.3) is 0 Å². The molecule has 0 saturated carbocycles. The highest BCUT2D eigenvalue weighted by Gasteiger charge is 2.21. The number of aryl methyl sites for hydroxylation is 1. The number of carbonyl (C=O) groups excluding carboxylic acids is 2. The van der Waals surface area contributed by atoms with Crippen LogP contribution in [0, 0.1) is 43.4 Å². The molecule has 0 aliphatic carbocycles. The van der Waals surface area contributed by atoms with Crippen LogP contribution in [0.4, 0.5) is 5.82 Å². The second kappa shape index (κ2) is 9.51. The molecule has 1 N–H and O–H groups in total. The van der Waals surface area contributed by atoms with E-state index < -0.39 is 0 Å². The van der Waals surface area contributed by atoms with E-state index in [0.717, 1.165) is 28.7 Å². The van der Waals surface area contributed by atoms with Gasteiger partial charge >= 0.3 is 0 Å². The number of carbonyl (C=O) groups is 2. The van der Waals surface area contributed by atoms with Crippen LogP contribution in [0.5, 0.6) is 0 Å². The van der Waals surface area contributed by atoms with Gasteiger partial charge in [-0.05, 0) is 51.5 Å². The maximum Gasteiger partial charge on any atom is 0.235 e. The minimum Gasteiger partial charge on any atom is -0.310 e. The number of rotatable bonds is 6. The molecule has 1 amide bonds. The highest BCUT2D eigenvalue weighted by atomic mass is 32.2. The van der Waals surface area contributed by atoms with Crippen LogP contribution in [-0.4, -0.2) is 27.0 Å². The predicted molar refractivity (Wildman–Crippen MR) is 123 cm³/mol. The van der Waals surface area contributed by atoms with Gasteiger partial charge in [-0.15, -0.1) is 0 Å². The Kier molecular flexibility index (Phi) is 6.77. The fourth-order valence-corrected chi connectivity index (χ4v) is 4.19. The molecule has 3 aromatic rings. The van der Waals surface area contributed by atoms with Crippen molar-refractivity contribution in [3.8, 4) is 17.8 Å². The maximum absolute atomic E-state index is 12.8. The topological polar surface area (TPSA) is 112 Å². The predicted octanol–water partition coefficient (Wildman–Crippen LogP) is 4.47. The van der Waals surface area contributed by atoms with Gasteiger partial charge in [0, 0.05) is 22.6 Å². The fourth-order valence-electron chi connectivity index (χ4n) is 3.39. The van der Waals surface area contributed by atoms with Crippen LogP contribution < -0.4 is 5.32 Å². The zero-order chi connectivity index (χ0) is 23.4. The van der Waals surface area contributed by atoms with E-state index in [9.17, 15) is 20.1 Å². The normalized spacial score (nSPS) is 10.3. The lowest BCUT2D eigenvalue weighted by molar-refractivity contribution is -0.113. The van der Waals surface area contributed by atoms with E-state index in [1.54, 1.807) is 6.92 Å².